The van der Waals surface area contributed by atoms with E-state index in [2.05, 4.69) is 128 Å². The molecule has 0 spiro atoms. The van der Waals surface area contributed by atoms with Gasteiger partial charge in [0.2, 0.25) is 0 Å². The average Bonchev–Trinajstić information content (AvgIpc) is 1.71. The number of ketones is 1. The molecule has 11 heteroatoms. The van der Waals surface area contributed by atoms with Gasteiger partial charge in [-0.3, -0.25) is 19.2 Å². The first kappa shape index (κ1) is 78.2. The highest BCUT2D eigenvalue weighted by Crippen LogP contribution is 2.45. The number of benzene rings is 7. The molecule has 0 aromatic heterocycles. The lowest BCUT2D eigenvalue weighted by atomic mass is 9.98. The van der Waals surface area contributed by atoms with Crippen molar-refractivity contribution in [2.45, 2.75) is 192 Å². The molecular weight excluding hydrogens is 1210 g/mol. The number of carbonyl (C=O) groups excluding carboxylic acids is 2. The zero-order valence-corrected chi connectivity index (χ0v) is 58.5. The Morgan fingerprint density at radius 1 is 0.531 bits per heavy atom. The van der Waals surface area contributed by atoms with Crippen LogP contribution in [0.4, 0.5) is 0 Å². The summed E-state index contributed by atoms with van der Waals surface area (Å²) in [4.78, 5) is 53.7. The predicted octanol–water partition coefficient (Wildman–Crippen LogP) is 21.1. The summed E-state index contributed by atoms with van der Waals surface area (Å²) in [5.74, 6) is 2.03. The van der Waals surface area contributed by atoms with Crippen LogP contribution in [0.5, 0.6) is 0 Å². The van der Waals surface area contributed by atoms with Gasteiger partial charge in [-0.15, -0.1) is 13.2 Å². The zero-order chi connectivity index (χ0) is 69.2. The van der Waals surface area contributed by atoms with Gasteiger partial charge in [-0.1, -0.05) is 263 Å². The lowest BCUT2D eigenvalue weighted by Gasteiger charge is -2.10. The normalized spacial score (nSPS) is 21.4. The fraction of sp³-hybridized carbons (Fsp3) is 0.376. The highest BCUT2D eigenvalue weighted by molar-refractivity contribution is 6.76. The van der Waals surface area contributed by atoms with Crippen LogP contribution in [0.3, 0.4) is 0 Å². The molecule has 1 fully saturated rings. The van der Waals surface area contributed by atoms with E-state index in [-0.39, 0.29) is 44.2 Å². The number of carboxylic acid groups (broad SMARTS) is 3. The number of allylic oxidation sites excluding steroid dienone is 3. The van der Waals surface area contributed by atoms with E-state index in [9.17, 15) is 29.1 Å². The van der Waals surface area contributed by atoms with Crippen molar-refractivity contribution in [1.29, 1.82) is 0 Å². The molecule has 10 nitrogen and oxygen atoms in total. The van der Waals surface area contributed by atoms with E-state index in [1.165, 1.54) is 51.9 Å². The Morgan fingerprint density at radius 3 is 1.45 bits per heavy atom. The van der Waals surface area contributed by atoms with Crippen LogP contribution >= 0.6 is 0 Å². The third-order valence-electron chi connectivity index (χ3n) is 18.4. The van der Waals surface area contributed by atoms with Crippen molar-refractivity contribution >= 4 is 43.3 Å². The minimum Gasteiger partial charge on any atom is -0.481 e. The predicted molar refractivity (Wildman–Crippen MR) is 396 cm³/mol. The quantitative estimate of drug-likeness (QED) is 0.0399. The number of aliphatic hydroxyl groups is 1. The van der Waals surface area contributed by atoms with Crippen molar-refractivity contribution in [3.05, 3.63) is 280 Å². The minimum absolute atomic E-state index is 0. The summed E-state index contributed by atoms with van der Waals surface area (Å²) in [5.41, 5.74) is 15.9. The number of hydrogen-bond donors (Lipinski definition) is 4. The number of esters is 1. The van der Waals surface area contributed by atoms with Crippen molar-refractivity contribution in [3.8, 4) is 0 Å². The van der Waals surface area contributed by atoms with Gasteiger partial charge in [0, 0.05) is 32.1 Å². The second-order valence-corrected chi connectivity index (χ2v) is 33.1. The molecule has 7 aromatic carbocycles. The number of hydrogen-bond acceptors (Lipinski definition) is 7. The maximum atomic E-state index is 11.3. The number of aliphatic hydroxyl groups excluding tert-OH is 1. The summed E-state index contributed by atoms with van der Waals surface area (Å²) < 4.78 is 4.90. The summed E-state index contributed by atoms with van der Waals surface area (Å²) in [6.45, 7) is 27.9. The third-order valence-corrected chi connectivity index (χ3v) is 19.9. The molecule has 0 amide bonds. The molecule has 4 N–H and O–H groups in total. The van der Waals surface area contributed by atoms with Gasteiger partial charge in [-0.05, 0) is 159 Å². The second-order valence-electron chi connectivity index (χ2n) is 27.6. The van der Waals surface area contributed by atoms with Gasteiger partial charge in [0.25, 0.3) is 0 Å². The number of ether oxygens (including phenoxy) is 1. The fourth-order valence-electron chi connectivity index (χ4n) is 13.7. The lowest BCUT2D eigenvalue weighted by Crippen LogP contribution is -2.16. The molecule has 1 aliphatic heterocycles. The minimum atomic E-state index is -0.857. The molecular formula is C85H106O10Si. The van der Waals surface area contributed by atoms with Crippen LogP contribution < -0.4 is 0 Å². The molecule has 6 aliphatic rings. The third kappa shape index (κ3) is 24.3. The van der Waals surface area contributed by atoms with Gasteiger partial charge in [0.1, 0.15) is 0 Å². The van der Waals surface area contributed by atoms with Gasteiger partial charge in [-0.2, -0.15) is 0 Å². The molecule has 0 unspecified atom stereocenters. The number of aliphatic carboxylic acids is 3. The van der Waals surface area contributed by atoms with Gasteiger partial charge in [0.15, 0.2) is 5.78 Å². The SMILES string of the molecule is C.C=CC[C@H]1C[C@H](C)c2ccccc21.C=CC[Si](C)(C)C.C[C@@H](CC(=O)O)c1ccccc1.C[C@H]1C/C(=C\C(=O)O)c2ccccc21.C[C@H]1CC(=O)c2ccccc21.C[C@H]1C[C@@H](O)c2ccccc21.C[C@H]1C[C@H](CC(=O)O)c2ccccc21.O=C1C[C@@H](Cc2ccccc2)CO1. The Morgan fingerprint density at radius 2 is 0.979 bits per heavy atom. The Labute approximate surface area is 574 Å². The van der Waals surface area contributed by atoms with E-state index >= 15 is 0 Å². The van der Waals surface area contributed by atoms with Gasteiger partial charge >= 0.3 is 23.9 Å². The van der Waals surface area contributed by atoms with Crippen LogP contribution in [0.25, 0.3) is 5.57 Å². The van der Waals surface area contributed by atoms with Gasteiger partial charge < -0.3 is 25.2 Å². The highest BCUT2D eigenvalue weighted by atomic mass is 28.3. The number of fused-ring (bicyclic) bond motifs is 5. The van der Waals surface area contributed by atoms with Crippen LogP contribution in [0.1, 0.15) is 232 Å². The van der Waals surface area contributed by atoms with Crippen LogP contribution in [0, 0.1) is 5.92 Å². The van der Waals surface area contributed by atoms with Crippen molar-refractivity contribution in [1.82, 2.24) is 0 Å². The molecule has 13 rings (SSSR count). The van der Waals surface area contributed by atoms with E-state index in [1.54, 1.807) is 11.1 Å². The fourth-order valence-corrected chi connectivity index (χ4v) is 14.5. The van der Waals surface area contributed by atoms with Crippen molar-refractivity contribution in [2.24, 2.45) is 5.92 Å². The smallest absolute Gasteiger partial charge is 0.328 e. The molecule has 0 bridgehead atoms. The summed E-state index contributed by atoms with van der Waals surface area (Å²) >= 11 is 0. The molecule has 96 heavy (non-hydrogen) atoms. The summed E-state index contributed by atoms with van der Waals surface area (Å²) in [6, 6.07) is 62.2. The standard InChI is InChI=1S/C13H16.C12H14O2.C12H12O2.C11H12O2.C10H12O2.C10H12O.C10H10O.C6H14Si.CH4/c1-3-6-11-9-10(2)12-7-4-5-8-13(11)12;2*1-8-6-9(7-12(13)14)11-5-3-2-4-10(8)11;12-11-7-10(8-13-11)6-9-4-2-1-3-5-9;1-8(7-10(11)12)9-5-3-2-4-6-9;2*1-7-6-10(11)9-5-3-2-4-8(7)9;1-5-6-7(2,3)4;/h3-5,7-8,10-11H,1,6,9H2,2H3;2-5,8-9H,6-7H2,1H3,(H,13,14);2-5,7-8H,6H2,1H3,(H,13,14);1-5,10H,6-8H2;2-6,8H,7H2,1H3,(H,11,12);2-5,7,10-11H,6H2,1H3;2-5,7H,6H2,1H3;5H,1,6H2,2-4H3;1H4/b;;9-7+;;;;;;/t10-,11-;8-,9+;8-;10-;8-;7-,10+;7-;;/m0001000../s1. The maximum absolute atomic E-state index is 11.3. The Kier molecular flexibility index (Phi) is 31.7. The van der Waals surface area contributed by atoms with Crippen LogP contribution in [-0.2, 0) is 30.3 Å². The molecule has 5 aliphatic carbocycles. The first-order valence-corrected chi connectivity index (χ1v) is 37.6. The second kappa shape index (κ2) is 38.9. The van der Waals surface area contributed by atoms with E-state index in [0.29, 0.717) is 54.8 Å². The Balaban J connectivity index is 0.000000199. The van der Waals surface area contributed by atoms with Gasteiger partial charge in [-0.25, -0.2) is 4.79 Å². The van der Waals surface area contributed by atoms with E-state index in [4.69, 9.17) is 20.1 Å². The van der Waals surface area contributed by atoms with E-state index in [0.717, 1.165) is 71.8 Å². The molecule has 510 valence electrons. The summed E-state index contributed by atoms with van der Waals surface area (Å²) in [6.07, 6.45) is 13.0. The molecule has 7 aromatic rings. The van der Waals surface area contributed by atoms with E-state index < -0.39 is 26.0 Å². The molecule has 0 saturated carbocycles. The van der Waals surface area contributed by atoms with E-state index in [1.807, 2.05) is 140 Å². The Hall–Kier alpha value is -8.51. The lowest BCUT2D eigenvalue weighted by molar-refractivity contribution is -0.138. The summed E-state index contributed by atoms with van der Waals surface area (Å²) in [5, 5.41) is 35.6. The number of cyclic esters (lactones) is 1. The Bertz CT molecular complexity index is 3630. The number of carboxylic acids is 3. The van der Waals surface area contributed by atoms with Crippen LogP contribution in [0.15, 0.2) is 213 Å². The van der Waals surface area contributed by atoms with Crippen LogP contribution in [0.2, 0.25) is 25.7 Å². The van der Waals surface area contributed by atoms with Crippen LogP contribution in [-0.4, -0.2) is 64.8 Å². The molecule has 0 radical (unpaired) electrons. The molecule has 1 saturated heterocycles. The van der Waals surface area contributed by atoms with Crippen molar-refractivity contribution < 1.29 is 49.1 Å². The summed E-state index contributed by atoms with van der Waals surface area (Å²) in [7, 11) is -0.775. The first-order chi connectivity index (χ1) is 45.4. The molecule has 1 heterocycles. The topological polar surface area (TPSA) is 175 Å². The number of Topliss-reactive ketones (excluding diaryl/α,β-unsaturated/α-hetero) is 1. The zero-order valence-electron chi connectivity index (χ0n) is 57.5. The monoisotopic (exact) mass is 1310 g/mol. The van der Waals surface area contributed by atoms with Crippen molar-refractivity contribution in [2.75, 3.05) is 6.61 Å². The van der Waals surface area contributed by atoms with Crippen molar-refractivity contribution in [3.63, 3.8) is 0 Å². The average molecular weight is 1320 g/mol. The first-order valence-electron chi connectivity index (χ1n) is 33.9. The number of carbonyl (C=O) groups is 5. The number of rotatable bonds is 12. The highest BCUT2D eigenvalue weighted by Gasteiger charge is 2.31. The largest absolute Gasteiger partial charge is 0.481 e. The van der Waals surface area contributed by atoms with Gasteiger partial charge in [0.05, 0.1) is 32.0 Å². The maximum Gasteiger partial charge on any atom is 0.328 e. The molecule has 10 atom stereocenters.